The van der Waals surface area contributed by atoms with Crippen molar-refractivity contribution in [3.05, 3.63) is 35.4 Å². The minimum atomic E-state index is -4.45. The molecule has 0 spiro atoms. The molecule has 1 unspecified atom stereocenters. The quantitative estimate of drug-likeness (QED) is 0.593. The van der Waals surface area contributed by atoms with Crippen molar-refractivity contribution in [1.29, 1.82) is 0 Å². The van der Waals surface area contributed by atoms with Gasteiger partial charge in [0, 0.05) is 18.2 Å². The van der Waals surface area contributed by atoms with Gasteiger partial charge in [0.05, 0.1) is 5.56 Å². The summed E-state index contributed by atoms with van der Waals surface area (Å²) < 4.78 is 37.8. The van der Waals surface area contributed by atoms with Gasteiger partial charge in [-0.2, -0.15) is 13.2 Å². The molecule has 0 aliphatic carbocycles. The Morgan fingerprint density at radius 2 is 2.09 bits per heavy atom. The summed E-state index contributed by atoms with van der Waals surface area (Å²) in [6.07, 6.45) is -5.25. The van der Waals surface area contributed by atoms with Crippen LogP contribution < -0.4 is 5.32 Å². The summed E-state index contributed by atoms with van der Waals surface area (Å²) in [5.74, 6) is 0. The van der Waals surface area contributed by atoms with Gasteiger partial charge in [-0.15, -0.1) is 0 Å². The Morgan fingerprint density at radius 1 is 1.41 bits per heavy atom. The fraction of sp³-hybridized carbons (Fsp3) is 0.500. The first kappa shape index (κ1) is 18.7. The first-order chi connectivity index (χ1) is 10.2. The number of hydrogen-bond acceptors (Lipinski definition) is 4. The van der Waals surface area contributed by atoms with E-state index in [2.05, 4.69) is 10.5 Å². The molecule has 0 bridgehead atoms. The van der Waals surface area contributed by atoms with Gasteiger partial charge in [-0.3, -0.25) is 0 Å². The van der Waals surface area contributed by atoms with Crippen LogP contribution in [0.25, 0.3) is 0 Å². The van der Waals surface area contributed by atoms with Crippen molar-refractivity contribution >= 4 is 16.8 Å². The molecule has 0 saturated carbocycles. The van der Waals surface area contributed by atoms with E-state index in [4.69, 9.17) is 16.4 Å². The Kier molecular flexibility index (Phi) is 7.12. The second-order valence-electron chi connectivity index (χ2n) is 4.97. The molecule has 0 fully saturated rings. The van der Waals surface area contributed by atoms with Crippen molar-refractivity contribution in [3.8, 4) is 0 Å². The maximum absolute atomic E-state index is 12.6. The third-order valence-corrected chi connectivity index (χ3v) is 2.89. The number of alkyl halides is 3. The molecule has 1 aromatic carbocycles. The van der Waals surface area contributed by atoms with Gasteiger partial charge < -0.3 is 15.3 Å². The number of hydrogen-bond donors (Lipinski definition) is 2. The predicted molar refractivity (Wildman–Crippen MR) is 78.9 cm³/mol. The van der Waals surface area contributed by atoms with E-state index in [1.54, 1.807) is 0 Å². The summed E-state index contributed by atoms with van der Waals surface area (Å²) in [4.78, 5) is 4.85. The molecule has 0 radical (unpaired) electrons. The van der Waals surface area contributed by atoms with Crippen LogP contribution in [0.3, 0.4) is 0 Å². The first-order valence-electron chi connectivity index (χ1n) is 6.64. The smallest absolute Gasteiger partial charge is 0.392 e. The summed E-state index contributed by atoms with van der Waals surface area (Å²) in [5.41, 5.74) is -0.731. The highest BCUT2D eigenvalue weighted by Crippen LogP contribution is 2.29. The van der Waals surface area contributed by atoms with Crippen LogP contribution in [0.5, 0.6) is 0 Å². The molecule has 8 heteroatoms. The minimum Gasteiger partial charge on any atom is -0.392 e. The Morgan fingerprint density at radius 3 is 2.68 bits per heavy atom. The zero-order valence-electron chi connectivity index (χ0n) is 12.2. The van der Waals surface area contributed by atoms with E-state index in [9.17, 15) is 18.3 Å². The summed E-state index contributed by atoms with van der Waals surface area (Å²) in [6, 6.07) is 4.66. The lowest BCUT2D eigenvalue weighted by atomic mass is 10.1. The van der Waals surface area contributed by atoms with Gasteiger partial charge in [0.1, 0.15) is 12.7 Å². The summed E-state index contributed by atoms with van der Waals surface area (Å²) >= 11 is 5.80. The van der Waals surface area contributed by atoms with Crippen LogP contribution >= 0.6 is 11.6 Å². The molecule has 0 amide bonds. The van der Waals surface area contributed by atoms with Crippen LogP contribution in [0.2, 0.25) is 0 Å². The van der Waals surface area contributed by atoms with E-state index in [0.717, 1.165) is 12.1 Å². The second-order valence-corrected chi connectivity index (χ2v) is 5.33. The van der Waals surface area contributed by atoms with Crippen LogP contribution in [-0.4, -0.2) is 35.6 Å². The molecule has 4 nitrogen and oxygen atoms in total. The number of aliphatic hydroxyl groups is 1. The third kappa shape index (κ3) is 6.64. The second kappa shape index (κ2) is 8.36. The van der Waals surface area contributed by atoms with E-state index in [-0.39, 0.29) is 23.4 Å². The van der Waals surface area contributed by atoms with Crippen molar-refractivity contribution in [2.45, 2.75) is 32.2 Å². The molecule has 22 heavy (non-hydrogen) atoms. The number of aliphatic hydroxyl groups excluding tert-OH is 1. The molecule has 1 atom stereocenters. The Balaban J connectivity index is 2.58. The number of nitrogens with zero attached hydrogens (tertiary/aromatic N) is 1. The summed E-state index contributed by atoms with van der Waals surface area (Å²) in [7, 11) is 0. The highest BCUT2D eigenvalue weighted by atomic mass is 35.5. The SMILES string of the molecule is CC(C)NCC(O)CON=C(Cl)c1cccc(C(F)(F)F)c1. The standard InChI is InChI=1S/C14H18ClF3N2O2/c1-9(2)19-7-12(21)8-22-20-13(15)10-4-3-5-11(6-10)14(16,17)18/h3-6,9,12,19,21H,7-8H2,1-2H3. The van der Waals surface area contributed by atoms with Crippen molar-refractivity contribution < 1.29 is 23.1 Å². The van der Waals surface area contributed by atoms with Crippen LogP contribution in [0.1, 0.15) is 25.0 Å². The number of rotatable bonds is 7. The fourth-order valence-electron chi connectivity index (χ4n) is 1.49. The molecule has 0 aliphatic rings. The number of halogens is 4. The van der Waals surface area contributed by atoms with E-state index in [1.165, 1.54) is 12.1 Å². The van der Waals surface area contributed by atoms with E-state index in [1.807, 2.05) is 13.8 Å². The molecule has 124 valence electrons. The average Bonchev–Trinajstić information content (AvgIpc) is 2.44. The molecular formula is C14H18ClF3N2O2. The largest absolute Gasteiger partial charge is 0.416 e. The molecular weight excluding hydrogens is 321 g/mol. The third-order valence-electron chi connectivity index (χ3n) is 2.60. The lowest BCUT2D eigenvalue weighted by Gasteiger charge is -2.13. The molecule has 2 N–H and O–H groups in total. The van der Waals surface area contributed by atoms with Crippen LogP contribution in [0.4, 0.5) is 13.2 Å². The first-order valence-corrected chi connectivity index (χ1v) is 7.02. The zero-order chi connectivity index (χ0) is 16.8. The molecule has 0 saturated heterocycles. The summed E-state index contributed by atoms with van der Waals surface area (Å²) in [5, 5.41) is 15.9. The average molecular weight is 339 g/mol. The van der Waals surface area contributed by atoms with Gasteiger partial charge in [0.25, 0.3) is 0 Å². The van der Waals surface area contributed by atoms with Crippen molar-refractivity contribution in [2.75, 3.05) is 13.2 Å². The zero-order valence-corrected chi connectivity index (χ0v) is 12.9. The van der Waals surface area contributed by atoms with Crippen molar-refractivity contribution in [1.82, 2.24) is 5.32 Å². The lowest BCUT2D eigenvalue weighted by Crippen LogP contribution is -2.34. The van der Waals surface area contributed by atoms with E-state index >= 15 is 0 Å². The number of nitrogens with one attached hydrogen (secondary N) is 1. The molecule has 1 aromatic rings. The summed E-state index contributed by atoms with van der Waals surface area (Å²) in [6.45, 7) is 4.05. The molecule has 0 aliphatic heterocycles. The van der Waals surface area contributed by atoms with Gasteiger partial charge in [-0.1, -0.05) is 42.7 Å². The highest BCUT2D eigenvalue weighted by molar-refractivity contribution is 6.69. The van der Waals surface area contributed by atoms with Gasteiger partial charge in [-0.05, 0) is 12.1 Å². The monoisotopic (exact) mass is 338 g/mol. The fourth-order valence-corrected chi connectivity index (χ4v) is 1.65. The van der Waals surface area contributed by atoms with Gasteiger partial charge in [0.15, 0.2) is 5.17 Å². The molecule has 0 heterocycles. The van der Waals surface area contributed by atoms with E-state index in [0.29, 0.717) is 6.54 Å². The predicted octanol–water partition coefficient (Wildman–Crippen LogP) is 2.98. The van der Waals surface area contributed by atoms with E-state index < -0.39 is 17.8 Å². The number of benzene rings is 1. The van der Waals surface area contributed by atoms with Gasteiger partial charge in [0.2, 0.25) is 0 Å². The van der Waals surface area contributed by atoms with Crippen molar-refractivity contribution in [3.63, 3.8) is 0 Å². The Labute approximate surface area is 131 Å². The highest BCUT2D eigenvalue weighted by Gasteiger charge is 2.30. The lowest BCUT2D eigenvalue weighted by molar-refractivity contribution is -0.137. The van der Waals surface area contributed by atoms with Gasteiger partial charge in [-0.25, -0.2) is 0 Å². The molecule has 1 rings (SSSR count). The van der Waals surface area contributed by atoms with Crippen LogP contribution in [0.15, 0.2) is 29.4 Å². The molecule has 0 aromatic heterocycles. The Bertz CT molecular complexity index is 507. The maximum atomic E-state index is 12.6. The van der Waals surface area contributed by atoms with Crippen molar-refractivity contribution in [2.24, 2.45) is 5.16 Å². The maximum Gasteiger partial charge on any atom is 0.416 e. The number of oxime groups is 1. The minimum absolute atomic E-state index is 0.0892. The van der Waals surface area contributed by atoms with Crippen LogP contribution in [-0.2, 0) is 11.0 Å². The van der Waals surface area contributed by atoms with Crippen LogP contribution in [0, 0.1) is 0 Å². The van der Waals surface area contributed by atoms with Gasteiger partial charge >= 0.3 is 6.18 Å². The normalized spacial score (nSPS) is 14.3. The Hall–Kier alpha value is -1.31. The topological polar surface area (TPSA) is 53.8 Å².